The number of hydrogen-bond acceptors (Lipinski definition) is 11. The number of rotatable bonds is 10. The summed E-state index contributed by atoms with van der Waals surface area (Å²) in [4.78, 5) is 0. The number of hydrogen-bond donors (Lipinski definition) is 5. The second-order valence-corrected chi connectivity index (χ2v) is 8.69. The van der Waals surface area contributed by atoms with Crippen molar-refractivity contribution < 1.29 is 53.6 Å². The summed E-state index contributed by atoms with van der Waals surface area (Å²) >= 11 is 0. The van der Waals surface area contributed by atoms with E-state index in [0.29, 0.717) is 39.5 Å². The van der Waals surface area contributed by atoms with E-state index in [1.807, 2.05) is 12.1 Å². The fraction of sp³-hybridized carbons (Fsp3) is 0.462. The van der Waals surface area contributed by atoms with Crippen molar-refractivity contribution in [2.24, 2.45) is 0 Å². The van der Waals surface area contributed by atoms with Crippen molar-refractivity contribution in [1.82, 2.24) is 0 Å². The van der Waals surface area contributed by atoms with Gasteiger partial charge in [-0.05, 0) is 42.0 Å². The molecule has 0 aliphatic carbocycles. The van der Waals surface area contributed by atoms with Crippen molar-refractivity contribution in [3.8, 4) is 28.6 Å². The molecule has 5 N–H and O–H groups in total. The maximum absolute atomic E-state index is 10.8. The first-order valence-corrected chi connectivity index (χ1v) is 11.7. The number of aliphatic hydroxyl groups is 5. The van der Waals surface area contributed by atoms with Crippen LogP contribution in [0, 0.1) is 0 Å². The molecule has 202 valence electrons. The van der Waals surface area contributed by atoms with Crippen LogP contribution in [-0.4, -0.2) is 90.8 Å². The minimum absolute atomic E-state index is 0.0352. The Morgan fingerprint density at radius 3 is 2.27 bits per heavy atom. The summed E-state index contributed by atoms with van der Waals surface area (Å²) < 4.78 is 33.1. The van der Waals surface area contributed by atoms with Crippen molar-refractivity contribution in [3.05, 3.63) is 42.0 Å². The highest BCUT2D eigenvalue weighted by molar-refractivity contribution is 5.88. The number of methoxy groups -OCH3 is 3. The van der Waals surface area contributed by atoms with Crippen LogP contribution in [0.4, 0.5) is 0 Å². The van der Waals surface area contributed by atoms with Gasteiger partial charge in [0.15, 0.2) is 29.1 Å². The number of ether oxygens (including phenoxy) is 5. The minimum atomic E-state index is -1.53. The molecule has 1 saturated heterocycles. The number of fused-ring (bicyclic) bond motifs is 1. The molecule has 0 bridgehead atoms. The smallest absolute Gasteiger partial charge is 0.186 e. The second-order valence-electron chi connectivity index (χ2n) is 8.69. The molecule has 11 nitrogen and oxygen atoms in total. The van der Waals surface area contributed by atoms with Gasteiger partial charge in [0.05, 0.1) is 40.6 Å². The fourth-order valence-electron chi connectivity index (χ4n) is 4.29. The fourth-order valence-corrected chi connectivity index (χ4v) is 4.29. The highest BCUT2D eigenvalue weighted by atomic mass is 16.7. The Labute approximate surface area is 213 Å². The van der Waals surface area contributed by atoms with Gasteiger partial charge in [0.25, 0.3) is 0 Å². The van der Waals surface area contributed by atoms with Crippen LogP contribution in [0.15, 0.2) is 40.8 Å². The highest BCUT2D eigenvalue weighted by Gasteiger charge is 2.44. The summed E-state index contributed by atoms with van der Waals surface area (Å²) in [5.41, 5.74) is 1.84. The van der Waals surface area contributed by atoms with Gasteiger partial charge in [0, 0.05) is 17.4 Å². The van der Waals surface area contributed by atoms with Crippen molar-refractivity contribution in [1.29, 1.82) is 0 Å². The maximum Gasteiger partial charge on any atom is 0.186 e. The molecule has 1 fully saturated rings. The molecule has 4 rings (SSSR count). The van der Waals surface area contributed by atoms with Gasteiger partial charge < -0.3 is 53.6 Å². The van der Waals surface area contributed by atoms with Crippen LogP contribution in [-0.2, 0) is 9.47 Å². The lowest BCUT2D eigenvalue weighted by molar-refractivity contribution is -0.301. The van der Waals surface area contributed by atoms with E-state index < -0.39 is 43.4 Å². The molecule has 0 unspecified atom stereocenters. The quantitative estimate of drug-likeness (QED) is 0.263. The highest BCUT2D eigenvalue weighted by Crippen LogP contribution is 2.39. The molecule has 3 aromatic rings. The van der Waals surface area contributed by atoms with Crippen LogP contribution in [0.2, 0.25) is 0 Å². The lowest BCUT2D eigenvalue weighted by atomic mass is 9.99. The number of furan rings is 1. The van der Waals surface area contributed by atoms with Crippen LogP contribution in [0.25, 0.3) is 22.3 Å². The topological polar surface area (TPSA) is 160 Å². The predicted molar refractivity (Wildman–Crippen MR) is 131 cm³/mol. The zero-order valence-corrected chi connectivity index (χ0v) is 20.7. The molecule has 0 saturated carbocycles. The molecule has 1 aromatic heterocycles. The third-order valence-corrected chi connectivity index (χ3v) is 6.40. The SMILES string of the molecule is COc1ccc(-c2cc3cc([C@@H](O)CCO[C@@H]4O[C@H](CO)[C@@H](O)[C@H](O)[C@H]4O)cc(OC)c3o2)cc1OC. The summed E-state index contributed by atoms with van der Waals surface area (Å²) in [6.07, 6.45) is -7.67. The van der Waals surface area contributed by atoms with E-state index in [9.17, 15) is 25.5 Å². The van der Waals surface area contributed by atoms with E-state index in [2.05, 4.69) is 0 Å². The number of benzene rings is 2. The summed E-state index contributed by atoms with van der Waals surface area (Å²) in [5.74, 6) is 2.17. The monoisotopic (exact) mass is 520 g/mol. The molecule has 11 heteroatoms. The summed E-state index contributed by atoms with van der Waals surface area (Å²) in [6.45, 7) is -0.588. The van der Waals surface area contributed by atoms with E-state index in [-0.39, 0.29) is 13.0 Å². The molecule has 2 heterocycles. The standard InChI is InChI=1S/C26H32O11/c1-32-17-5-4-13(9-19(17)33-2)18-11-15-8-14(10-20(34-3)25(15)36-18)16(28)6-7-35-26-24(31)23(30)22(29)21(12-27)37-26/h4-5,8-11,16,21-24,26-31H,6-7,12H2,1-3H3/t16-,21+,22+,23-,24+,26+/m0/s1. The zero-order valence-electron chi connectivity index (χ0n) is 20.7. The van der Waals surface area contributed by atoms with Crippen LogP contribution in [0.3, 0.4) is 0 Å². The maximum atomic E-state index is 10.8. The largest absolute Gasteiger partial charge is 0.493 e. The first-order chi connectivity index (χ1) is 17.8. The van der Waals surface area contributed by atoms with Crippen molar-refractivity contribution >= 4 is 11.0 Å². The van der Waals surface area contributed by atoms with E-state index in [1.165, 1.54) is 7.11 Å². The van der Waals surface area contributed by atoms with Crippen LogP contribution < -0.4 is 14.2 Å². The average molecular weight is 521 g/mol. The van der Waals surface area contributed by atoms with Gasteiger partial charge in [-0.25, -0.2) is 0 Å². The molecular formula is C26H32O11. The normalized spacial score (nSPS) is 24.7. The molecule has 1 aliphatic rings. The van der Waals surface area contributed by atoms with Gasteiger partial charge in [-0.2, -0.15) is 0 Å². The Balaban J connectivity index is 1.49. The molecule has 0 amide bonds. The Kier molecular flexibility index (Phi) is 8.55. The Bertz CT molecular complexity index is 1190. The summed E-state index contributed by atoms with van der Waals surface area (Å²) in [6, 6.07) is 10.7. The van der Waals surface area contributed by atoms with Crippen LogP contribution in [0.5, 0.6) is 17.2 Å². The van der Waals surface area contributed by atoms with Gasteiger partial charge in [0.1, 0.15) is 30.2 Å². The first kappa shape index (κ1) is 27.1. The lowest BCUT2D eigenvalue weighted by Crippen LogP contribution is -2.59. The number of aliphatic hydroxyl groups excluding tert-OH is 5. The van der Waals surface area contributed by atoms with Gasteiger partial charge >= 0.3 is 0 Å². The Hall–Kier alpha value is -2.90. The molecule has 2 aromatic carbocycles. The molecular weight excluding hydrogens is 488 g/mol. The van der Waals surface area contributed by atoms with Gasteiger partial charge in [-0.15, -0.1) is 0 Å². The van der Waals surface area contributed by atoms with E-state index in [4.69, 9.17) is 28.1 Å². The minimum Gasteiger partial charge on any atom is -0.493 e. The van der Waals surface area contributed by atoms with Crippen molar-refractivity contribution in [2.45, 2.75) is 43.2 Å². The molecule has 1 aliphatic heterocycles. The Morgan fingerprint density at radius 1 is 0.865 bits per heavy atom. The summed E-state index contributed by atoms with van der Waals surface area (Å²) in [5, 5.41) is 50.7. The van der Waals surface area contributed by atoms with Crippen molar-refractivity contribution in [3.63, 3.8) is 0 Å². The molecule has 37 heavy (non-hydrogen) atoms. The molecule has 0 radical (unpaired) electrons. The van der Waals surface area contributed by atoms with E-state index >= 15 is 0 Å². The van der Waals surface area contributed by atoms with Crippen LogP contribution in [0.1, 0.15) is 18.1 Å². The third kappa shape index (κ3) is 5.53. The Morgan fingerprint density at radius 2 is 1.59 bits per heavy atom. The molecule has 6 atom stereocenters. The van der Waals surface area contributed by atoms with Gasteiger partial charge in [-0.1, -0.05) is 0 Å². The first-order valence-electron chi connectivity index (χ1n) is 11.7. The molecule has 0 spiro atoms. The van der Waals surface area contributed by atoms with Gasteiger partial charge in [0.2, 0.25) is 0 Å². The van der Waals surface area contributed by atoms with Crippen molar-refractivity contribution in [2.75, 3.05) is 34.5 Å². The average Bonchev–Trinajstić information content (AvgIpc) is 3.36. The lowest BCUT2D eigenvalue weighted by Gasteiger charge is -2.39. The van der Waals surface area contributed by atoms with Crippen LogP contribution >= 0.6 is 0 Å². The summed E-state index contributed by atoms with van der Waals surface area (Å²) in [7, 11) is 4.62. The van der Waals surface area contributed by atoms with Gasteiger partial charge in [-0.3, -0.25) is 0 Å². The predicted octanol–water partition coefficient (Wildman–Crippen LogP) is 1.37. The second kappa shape index (κ2) is 11.7. The third-order valence-electron chi connectivity index (χ3n) is 6.40. The zero-order chi connectivity index (χ0) is 26.7. The van der Waals surface area contributed by atoms with E-state index in [0.717, 1.165) is 5.56 Å². The van der Waals surface area contributed by atoms with E-state index in [1.54, 1.807) is 38.5 Å².